The van der Waals surface area contributed by atoms with Crippen molar-refractivity contribution in [1.82, 2.24) is 5.01 Å². The molecular weight excluding hydrogens is 418 g/mol. The molecule has 5 nitrogen and oxygen atoms in total. The van der Waals surface area contributed by atoms with Gasteiger partial charge in [-0.2, -0.15) is 0 Å². The second-order valence-electron chi connectivity index (χ2n) is 7.29. The number of carbonyl (C=O) groups is 1. The summed E-state index contributed by atoms with van der Waals surface area (Å²) in [7, 11) is 1.65. The van der Waals surface area contributed by atoms with Crippen molar-refractivity contribution in [2.24, 2.45) is 11.6 Å². The lowest BCUT2D eigenvalue weighted by Crippen LogP contribution is -2.27. The van der Waals surface area contributed by atoms with Crippen LogP contribution in [0.4, 0.5) is 0 Å². The van der Waals surface area contributed by atoms with Crippen LogP contribution < -0.4 is 16.3 Å². The van der Waals surface area contributed by atoms with Crippen molar-refractivity contribution in [3.63, 3.8) is 0 Å². The van der Waals surface area contributed by atoms with Crippen molar-refractivity contribution in [3.8, 4) is 5.75 Å². The van der Waals surface area contributed by atoms with Gasteiger partial charge in [0.1, 0.15) is 5.75 Å². The molecule has 2 aromatic rings. The van der Waals surface area contributed by atoms with Gasteiger partial charge in [0.05, 0.1) is 13.7 Å². The van der Waals surface area contributed by atoms with Crippen molar-refractivity contribution < 1.29 is 9.53 Å². The fourth-order valence-corrected chi connectivity index (χ4v) is 2.39. The van der Waals surface area contributed by atoms with Gasteiger partial charge >= 0.3 is 0 Å². The van der Waals surface area contributed by atoms with Crippen LogP contribution in [0.25, 0.3) is 0 Å². The van der Waals surface area contributed by atoms with E-state index in [1.54, 1.807) is 19.0 Å². The first kappa shape index (κ1) is 29.0. The Balaban J connectivity index is 0.000000476. The van der Waals surface area contributed by atoms with Gasteiger partial charge in [0.15, 0.2) is 6.29 Å². The molecular formula is C26H37N3O2S. The van der Waals surface area contributed by atoms with Crippen LogP contribution in [0.5, 0.6) is 5.75 Å². The molecule has 0 aliphatic rings. The summed E-state index contributed by atoms with van der Waals surface area (Å²) in [5.74, 6) is 6.58. The number of carbonyl (C=O) groups excluding carboxylic acids is 1. The van der Waals surface area contributed by atoms with Crippen molar-refractivity contribution in [3.05, 3.63) is 99.7 Å². The molecule has 32 heavy (non-hydrogen) atoms. The minimum absolute atomic E-state index is 0.533. The van der Waals surface area contributed by atoms with Crippen LogP contribution in [0, 0.1) is 6.92 Å². The van der Waals surface area contributed by atoms with Crippen LogP contribution in [-0.4, -0.2) is 18.4 Å². The number of ether oxygens (including phenoxy) is 1. The number of methoxy groups -OCH3 is 1. The van der Waals surface area contributed by atoms with Crippen LogP contribution in [-0.2, 0) is 11.3 Å². The maximum Gasteiger partial charge on any atom is 0.152 e. The van der Waals surface area contributed by atoms with E-state index in [0.29, 0.717) is 17.8 Å². The van der Waals surface area contributed by atoms with Gasteiger partial charge in [0.25, 0.3) is 0 Å². The zero-order valence-corrected chi connectivity index (χ0v) is 20.9. The monoisotopic (exact) mass is 455 g/mol. The van der Waals surface area contributed by atoms with Crippen molar-refractivity contribution in [1.29, 1.82) is 0 Å². The predicted octanol–water partition coefficient (Wildman–Crippen LogP) is 5.54. The average Bonchev–Trinajstić information content (AvgIpc) is 2.75. The van der Waals surface area contributed by atoms with Gasteiger partial charge < -0.3 is 15.5 Å². The molecule has 0 heterocycles. The number of hydrogen-bond donors (Lipinski definition) is 3. The number of rotatable bonds is 6. The second kappa shape index (κ2) is 15.8. The number of aldehydes is 1. The Morgan fingerprint density at radius 3 is 1.88 bits per heavy atom. The molecule has 0 aliphatic carbocycles. The van der Waals surface area contributed by atoms with Gasteiger partial charge in [-0.1, -0.05) is 54.6 Å². The van der Waals surface area contributed by atoms with E-state index in [1.165, 1.54) is 5.56 Å². The zero-order chi connectivity index (χ0) is 24.7. The molecule has 0 unspecified atom stereocenters. The third-order valence-corrected chi connectivity index (χ3v) is 4.77. The maximum atomic E-state index is 10.5. The molecule has 0 fully saturated rings. The Hall–Kier alpha value is -2.96. The highest BCUT2D eigenvalue weighted by Crippen LogP contribution is 2.16. The molecule has 174 valence electrons. The summed E-state index contributed by atoms with van der Waals surface area (Å²) in [6.45, 7) is 13.7. The Morgan fingerprint density at radius 1 is 1.06 bits per heavy atom. The highest BCUT2D eigenvalue weighted by Gasteiger charge is 2.02. The first-order chi connectivity index (χ1) is 15.0. The fraction of sp³-hybridized carbons (Fsp3) is 0.269. The minimum atomic E-state index is 0.533. The smallest absolute Gasteiger partial charge is 0.152 e. The van der Waals surface area contributed by atoms with Crippen LogP contribution in [0.3, 0.4) is 0 Å². The zero-order valence-electron chi connectivity index (χ0n) is 20.1. The molecule has 0 bridgehead atoms. The molecule has 0 aromatic heterocycles. The summed E-state index contributed by atoms with van der Waals surface area (Å²) < 4.78 is 5.06. The van der Waals surface area contributed by atoms with E-state index in [2.05, 4.69) is 38.3 Å². The summed E-state index contributed by atoms with van der Waals surface area (Å²) in [4.78, 5) is 11.3. The number of nitrogens with two attached hydrogens (primary N) is 2. The van der Waals surface area contributed by atoms with Crippen LogP contribution in [0.15, 0.2) is 88.6 Å². The third-order valence-electron chi connectivity index (χ3n) is 4.43. The lowest BCUT2D eigenvalue weighted by Gasteiger charge is -2.18. The molecule has 0 saturated carbocycles. The summed E-state index contributed by atoms with van der Waals surface area (Å²) in [5.41, 5.74) is 10.7. The van der Waals surface area contributed by atoms with Gasteiger partial charge in [-0.3, -0.25) is 4.79 Å². The quantitative estimate of drug-likeness (QED) is 0.133. The molecule has 2 rings (SSSR count). The Bertz CT molecular complexity index is 896. The highest BCUT2D eigenvalue weighted by atomic mass is 32.1. The van der Waals surface area contributed by atoms with Crippen LogP contribution >= 0.6 is 12.6 Å². The number of aryl methyl sites for hydroxylation is 1. The SMILES string of the molecule is C/C(N)=C(C=O)\C(C)=C(\C)S.C=C(C)N(N)Cc1ccc(OC)cc1.Cc1ccccc1. The molecule has 4 N–H and O–H groups in total. The lowest BCUT2D eigenvalue weighted by atomic mass is 10.1. The van der Waals surface area contributed by atoms with E-state index in [9.17, 15) is 4.79 Å². The van der Waals surface area contributed by atoms with Crippen LogP contribution in [0.1, 0.15) is 38.8 Å². The predicted molar refractivity (Wildman–Crippen MR) is 139 cm³/mol. The summed E-state index contributed by atoms with van der Waals surface area (Å²) in [5, 5.41) is 1.61. The number of thiol groups is 1. The van der Waals surface area contributed by atoms with Crippen LogP contribution in [0.2, 0.25) is 0 Å². The number of hydrogen-bond acceptors (Lipinski definition) is 6. The summed E-state index contributed by atoms with van der Waals surface area (Å²) >= 11 is 4.11. The van der Waals surface area contributed by atoms with Gasteiger partial charge in [-0.05, 0) is 62.8 Å². The fourth-order valence-electron chi connectivity index (χ4n) is 2.27. The van der Waals surface area contributed by atoms with E-state index in [4.69, 9.17) is 16.3 Å². The first-order valence-corrected chi connectivity index (χ1v) is 10.6. The van der Waals surface area contributed by atoms with E-state index in [1.807, 2.05) is 63.2 Å². The van der Waals surface area contributed by atoms with Gasteiger partial charge in [-0.15, -0.1) is 12.6 Å². The Labute approximate surface area is 198 Å². The molecule has 0 radical (unpaired) electrons. The first-order valence-electron chi connectivity index (χ1n) is 10.1. The molecule has 0 atom stereocenters. The van der Waals surface area contributed by atoms with E-state index in [0.717, 1.165) is 33.8 Å². The largest absolute Gasteiger partial charge is 0.497 e. The molecule has 0 saturated heterocycles. The van der Waals surface area contributed by atoms with Crippen molar-refractivity contribution >= 4 is 18.9 Å². The van der Waals surface area contributed by atoms with E-state index < -0.39 is 0 Å². The van der Waals surface area contributed by atoms with Crippen molar-refractivity contribution in [2.75, 3.05) is 7.11 Å². The maximum absolute atomic E-state index is 10.5. The minimum Gasteiger partial charge on any atom is -0.497 e. The molecule has 0 aliphatic heterocycles. The molecule has 2 aromatic carbocycles. The normalized spacial score (nSPS) is 11.4. The topological polar surface area (TPSA) is 81.6 Å². The van der Waals surface area contributed by atoms with E-state index >= 15 is 0 Å². The van der Waals surface area contributed by atoms with Crippen molar-refractivity contribution in [2.45, 2.75) is 41.2 Å². The average molecular weight is 456 g/mol. The number of nitrogens with zero attached hydrogens (tertiary/aromatic N) is 1. The summed E-state index contributed by atoms with van der Waals surface area (Å²) in [6, 6.07) is 18.1. The third kappa shape index (κ3) is 12.0. The van der Waals surface area contributed by atoms with Gasteiger partial charge in [-0.25, -0.2) is 5.84 Å². The van der Waals surface area contributed by atoms with Gasteiger partial charge in [0.2, 0.25) is 0 Å². The standard InChI is InChI=1S/C11H16N2O.C8H13NOS.C7H8/c1-9(2)13(12)8-10-4-6-11(14-3)7-5-10;1-5(7(3)11)8(4-10)6(2)9;1-7-5-3-2-4-6-7/h4-7H,1,8,12H2,2-3H3;4,11H,9H2,1-3H3;2-6H,1H3/b;7-5-,8-6+;. The highest BCUT2D eigenvalue weighted by molar-refractivity contribution is 7.84. The molecule has 0 spiro atoms. The Kier molecular flexibility index (Phi) is 14.3. The number of allylic oxidation sites excluding steroid dienone is 5. The Morgan fingerprint density at radius 2 is 1.59 bits per heavy atom. The lowest BCUT2D eigenvalue weighted by molar-refractivity contribution is -0.104. The van der Waals surface area contributed by atoms with E-state index in [-0.39, 0.29) is 0 Å². The number of benzene rings is 2. The molecule has 0 amide bonds. The molecule has 6 heteroatoms. The second-order valence-corrected chi connectivity index (χ2v) is 7.96. The van der Waals surface area contributed by atoms with Gasteiger partial charge in [0, 0.05) is 17.0 Å². The summed E-state index contributed by atoms with van der Waals surface area (Å²) in [6.07, 6.45) is 0.754. The number of hydrazine groups is 1.